The van der Waals surface area contributed by atoms with E-state index in [0.29, 0.717) is 13.0 Å². The summed E-state index contributed by atoms with van der Waals surface area (Å²) in [7, 11) is 0. The summed E-state index contributed by atoms with van der Waals surface area (Å²) in [5, 5.41) is 11.9. The van der Waals surface area contributed by atoms with Crippen molar-refractivity contribution in [1.29, 1.82) is 0 Å². The number of hydrogen-bond acceptors (Lipinski definition) is 5. The largest absolute Gasteiger partial charge is 0.481 e. The molecular formula is C11H18N2O5. The van der Waals surface area contributed by atoms with Gasteiger partial charge in [-0.05, 0) is 13.3 Å². The second kappa shape index (κ2) is 4.49. The molecule has 2 aliphatic rings. The molecular weight excluding hydrogens is 240 g/mol. The molecule has 0 bridgehead atoms. The van der Waals surface area contributed by atoms with Crippen molar-refractivity contribution in [3.05, 3.63) is 0 Å². The molecule has 102 valence electrons. The van der Waals surface area contributed by atoms with Crippen LogP contribution in [0.3, 0.4) is 0 Å². The highest BCUT2D eigenvalue weighted by Gasteiger charge is 2.49. The summed E-state index contributed by atoms with van der Waals surface area (Å²) in [6, 6.07) is -0.566. The van der Waals surface area contributed by atoms with Crippen LogP contribution >= 0.6 is 0 Å². The van der Waals surface area contributed by atoms with Gasteiger partial charge in [0.15, 0.2) is 0 Å². The average Bonchev–Trinajstić information content (AvgIpc) is 2.88. The molecule has 1 amide bonds. The Kier molecular flexibility index (Phi) is 3.31. The zero-order valence-corrected chi connectivity index (χ0v) is 10.3. The zero-order valence-electron chi connectivity index (χ0n) is 10.3. The van der Waals surface area contributed by atoms with Gasteiger partial charge < -0.3 is 25.6 Å². The van der Waals surface area contributed by atoms with Gasteiger partial charge in [-0.3, -0.25) is 9.59 Å². The van der Waals surface area contributed by atoms with Crippen molar-refractivity contribution in [2.24, 2.45) is 11.1 Å². The van der Waals surface area contributed by atoms with Crippen LogP contribution in [0.1, 0.15) is 13.3 Å². The van der Waals surface area contributed by atoms with Crippen molar-refractivity contribution >= 4 is 11.9 Å². The fourth-order valence-electron chi connectivity index (χ4n) is 2.15. The van der Waals surface area contributed by atoms with Gasteiger partial charge in [-0.15, -0.1) is 0 Å². The highest BCUT2D eigenvalue weighted by Crippen LogP contribution is 2.29. The fourth-order valence-corrected chi connectivity index (χ4v) is 2.15. The number of aliphatic carboxylic acids is 1. The Morgan fingerprint density at radius 1 is 1.39 bits per heavy atom. The number of carboxylic acid groups (broad SMARTS) is 1. The molecule has 0 aromatic heterocycles. The van der Waals surface area contributed by atoms with Crippen molar-refractivity contribution in [2.75, 3.05) is 26.4 Å². The number of amides is 1. The monoisotopic (exact) mass is 258 g/mol. The smallest absolute Gasteiger partial charge is 0.313 e. The molecule has 0 saturated carbocycles. The topological polar surface area (TPSA) is 111 Å². The summed E-state index contributed by atoms with van der Waals surface area (Å²) in [6.45, 7) is 2.44. The minimum absolute atomic E-state index is 0.0847. The molecule has 3 unspecified atom stereocenters. The van der Waals surface area contributed by atoms with Gasteiger partial charge in [-0.2, -0.15) is 0 Å². The Morgan fingerprint density at radius 3 is 2.67 bits per heavy atom. The lowest BCUT2D eigenvalue weighted by Crippen LogP contribution is -2.60. The van der Waals surface area contributed by atoms with E-state index < -0.39 is 23.0 Å². The number of nitrogens with one attached hydrogen (secondary N) is 1. The molecule has 0 radical (unpaired) electrons. The Hall–Kier alpha value is -1.18. The van der Waals surface area contributed by atoms with Gasteiger partial charge in [0.1, 0.15) is 11.0 Å². The first-order valence-electron chi connectivity index (χ1n) is 5.87. The first-order chi connectivity index (χ1) is 8.38. The van der Waals surface area contributed by atoms with Crippen LogP contribution in [0.4, 0.5) is 0 Å². The maximum atomic E-state index is 12.1. The molecule has 2 rings (SSSR count). The van der Waals surface area contributed by atoms with Crippen LogP contribution in [-0.4, -0.2) is 55.0 Å². The Morgan fingerprint density at radius 2 is 2.11 bits per heavy atom. The summed E-state index contributed by atoms with van der Waals surface area (Å²) in [6.07, 6.45) is 0.441. The number of carbonyl (C=O) groups is 2. The number of carbonyl (C=O) groups excluding carboxylic acids is 1. The third-order valence-electron chi connectivity index (χ3n) is 3.75. The van der Waals surface area contributed by atoms with Crippen LogP contribution in [0.15, 0.2) is 0 Å². The van der Waals surface area contributed by atoms with Crippen molar-refractivity contribution in [3.8, 4) is 0 Å². The molecule has 0 aliphatic carbocycles. The van der Waals surface area contributed by atoms with Crippen molar-refractivity contribution in [1.82, 2.24) is 5.32 Å². The molecule has 18 heavy (non-hydrogen) atoms. The van der Waals surface area contributed by atoms with Gasteiger partial charge >= 0.3 is 5.97 Å². The Labute approximate surface area is 105 Å². The third kappa shape index (κ3) is 2.09. The molecule has 7 nitrogen and oxygen atoms in total. The van der Waals surface area contributed by atoms with E-state index in [0.717, 1.165) is 0 Å². The first-order valence-corrected chi connectivity index (χ1v) is 5.87. The van der Waals surface area contributed by atoms with E-state index >= 15 is 0 Å². The predicted octanol–water partition coefficient (Wildman–Crippen LogP) is -1.29. The molecule has 0 aromatic carbocycles. The van der Waals surface area contributed by atoms with Gasteiger partial charge in [-0.25, -0.2) is 0 Å². The summed E-state index contributed by atoms with van der Waals surface area (Å²) in [4.78, 5) is 23.3. The number of carboxylic acids is 1. The molecule has 2 fully saturated rings. The highest BCUT2D eigenvalue weighted by molar-refractivity contribution is 5.88. The maximum absolute atomic E-state index is 12.1. The van der Waals surface area contributed by atoms with Crippen LogP contribution in [0.25, 0.3) is 0 Å². The fraction of sp³-hybridized carbons (Fsp3) is 0.818. The Balaban J connectivity index is 2.05. The van der Waals surface area contributed by atoms with Gasteiger partial charge in [0, 0.05) is 6.61 Å². The summed E-state index contributed by atoms with van der Waals surface area (Å²) in [5.74, 6) is -1.36. The number of nitrogens with two attached hydrogens (primary N) is 1. The van der Waals surface area contributed by atoms with Crippen LogP contribution in [0.5, 0.6) is 0 Å². The lowest BCUT2D eigenvalue weighted by atomic mass is 9.84. The lowest BCUT2D eigenvalue weighted by Gasteiger charge is -2.29. The average molecular weight is 258 g/mol. The number of rotatable bonds is 3. The van der Waals surface area contributed by atoms with E-state index in [2.05, 4.69) is 5.32 Å². The highest BCUT2D eigenvalue weighted by atomic mass is 16.5. The number of hydrogen-bond donors (Lipinski definition) is 3. The van der Waals surface area contributed by atoms with Crippen LogP contribution < -0.4 is 11.1 Å². The quantitative estimate of drug-likeness (QED) is 0.581. The molecule has 2 aliphatic heterocycles. The van der Waals surface area contributed by atoms with Gasteiger partial charge in [-0.1, -0.05) is 0 Å². The van der Waals surface area contributed by atoms with Crippen molar-refractivity contribution in [2.45, 2.75) is 24.9 Å². The van der Waals surface area contributed by atoms with E-state index in [1.165, 1.54) is 0 Å². The molecule has 2 saturated heterocycles. The zero-order chi connectivity index (χ0) is 13.4. The first kappa shape index (κ1) is 13.3. The van der Waals surface area contributed by atoms with E-state index in [1.807, 2.05) is 0 Å². The van der Waals surface area contributed by atoms with Crippen LogP contribution in [0, 0.1) is 5.41 Å². The van der Waals surface area contributed by atoms with E-state index in [-0.39, 0.29) is 25.7 Å². The van der Waals surface area contributed by atoms with Gasteiger partial charge in [0.25, 0.3) is 0 Å². The minimum Gasteiger partial charge on any atom is -0.481 e. The maximum Gasteiger partial charge on any atom is 0.313 e. The Bertz CT molecular complexity index is 366. The molecule has 0 aromatic rings. The third-order valence-corrected chi connectivity index (χ3v) is 3.75. The normalized spacial score (nSPS) is 39.8. The second-order valence-corrected chi connectivity index (χ2v) is 5.22. The summed E-state index contributed by atoms with van der Waals surface area (Å²) < 4.78 is 10.3. The summed E-state index contributed by atoms with van der Waals surface area (Å²) in [5.41, 5.74) is 3.76. The van der Waals surface area contributed by atoms with Crippen molar-refractivity contribution < 1.29 is 24.2 Å². The van der Waals surface area contributed by atoms with E-state index in [4.69, 9.17) is 15.2 Å². The number of ether oxygens (including phenoxy) is 2. The molecule has 4 N–H and O–H groups in total. The molecule has 7 heteroatoms. The van der Waals surface area contributed by atoms with E-state index in [9.17, 15) is 14.7 Å². The van der Waals surface area contributed by atoms with Crippen LogP contribution in [-0.2, 0) is 19.1 Å². The SMILES string of the molecule is CC1(C(=O)O)COCC1NC(=O)C1(N)CCOC1. The molecule has 2 heterocycles. The summed E-state index contributed by atoms with van der Waals surface area (Å²) >= 11 is 0. The van der Waals surface area contributed by atoms with E-state index in [1.54, 1.807) is 6.92 Å². The second-order valence-electron chi connectivity index (χ2n) is 5.22. The molecule has 0 spiro atoms. The standard InChI is InChI=1S/C11H18N2O5/c1-10(9(15)16)5-18-4-7(10)13-8(14)11(12)2-3-17-6-11/h7H,2-6,12H2,1H3,(H,13,14)(H,15,16). The molecule has 3 atom stereocenters. The van der Waals surface area contributed by atoms with Gasteiger partial charge in [0.05, 0.1) is 25.9 Å². The van der Waals surface area contributed by atoms with Crippen molar-refractivity contribution in [3.63, 3.8) is 0 Å². The van der Waals surface area contributed by atoms with Gasteiger partial charge in [0.2, 0.25) is 5.91 Å². The minimum atomic E-state index is -1.11. The van der Waals surface area contributed by atoms with Crippen LogP contribution in [0.2, 0.25) is 0 Å². The lowest BCUT2D eigenvalue weighted by molar-refractivity contribution is -0.149. The predicted molar refractivity (Wildman–Crippen MR) is 60.8 cm³/mol.